The number of fused-ring (bicyclic) bond motifs is 1. The van der Waals surface area contributed by atoms with Gasteiger partial charge >= 0.3 is 29.8 Å². The monoisotopic (exact) mass is 670 g/mol. The summed E-state index contributed by atoms with van der Waals surface area (Å²) >= 11 is 0. The van der Waals surface area contributed by atoms with Gasteiger partial charge in [0, 0.05) is 5.56 Å². The summed E-state index contributed by atoms with van der Waals surface area (Å²) in [5.74, 6) is -18.5. The van der Waals surface area contributed by atoms with Gasteiger partial charge < -0.3 is 75.1 Å². The van der Waals surface area contributed by atoms with E-state index >= 15 is 0 Å². The number of carboxylic acid groups (broad SMARTS) is 2. The third-order valence-electron chi connectivity index (χ3n) is 7.37. The summed E-state index contributed by atoms with van der Waals surface area (Å²) in [7, 11) is 0. The van der Waals surface area contributed by atoms with E-state index in [9.17, 15) is 80.1 Å². The number of carbonyl (C=O) groups excluding carboxylic acids is 3. The van der Waals surface area contributed by atoms with Crippen LogP contribution in [0.5, 0.6) is 34.5 Å². The Bertz CT molecular complexity index is 1590. The van der Waals surface area contributed by atoms with Gasteiger partial charge in [-0.3, -0.25) is 9.59 Å². The highest BCUT2D eigenvalue weighted by atomic mass is 16.7. The average molecular weight is 670 g/mol. The van der Waals surface area contributed by atoms with E-state index in [1.807, 2.05) is 0 Å². The predicted molar refractivity (Wildman–Crippen MR) is 141 cm³/mol. The summed E-state index contributed by atoms with van der Waals surface area (Å²) in [5.41, 5.74) is -2.05. The molecule has 20 nitrogen and oxygen atoms in total. The number of cyclic esters (lactones) is 1. The van der Waals surface area contributed by atoms with Crippen molar-refractivity contribution >= 4 is 29.8 Å². The molecule has 0 aliphatic carbocycles. The van der Waals surface area contributed by atoms with Crippen LogP contribution in [0.3, 0.4) is 0 Å². The lowest BCUT2D eigenvalue weighted by Crippen LogP contribution is -2.59. The van der Waals surface area contributed by atoms with Crippen LogP contribution >= 0.6 is 0 Å². The molecule has 2 aliphatic rings. The van der Waals surface area contributed by atoms with Crippen molar-refractivity contribution < 1.29 is 99.1 Å². The van der Waals surface area contributed by atoms with Crippen molar-refractivity contribution in [3.63, 3.8) is 0 Å². The highest BCUT2D eigenvalue weighted by molar-refractivity contribution is 5.98. The first kappa shape index (κ1) is 34.3. The number of carboxylic acids is 2. The summed E-state index contributed by atoms with van der Waals surface area (Å²) in [5, 5.41) is 109. The molecule has 0 amide bonds. The first-order valence-electron chi connectivity index (χ1n) is 13.2. The molecule has 0 radical (unpaired) electrons. The number of rotatable bonds is 9. The van der Waals surface area contributed by atoms with E-state index < -0.39 is 143 Å². The van der Waals surface area contributed by atoms with Crippen molar-refractivity contribution in [2.45, 2.75) is 49.1 Å². The molecule has 0 bridgehead atoms. The highest BCUT2D eigenvalue weighted by Crippen LogP contribution is 2.49. The van der Waals surface area contributed by atoms with Crippen LogP contribution in [0.15, 0.2) is 18.2 Å². The van der Waals surface area contributed by atoms with Crippen molar-refractivity contribution in [3.05, 3.63) is 34.9 Å². The van der Waals surface area contributed by atoms with Crippen LogP contribution in [0.4, 0.5) is 0 Å². The molecule has 2 heterocycles. The topological polar surface area (TPSA) is 345 Å². The third kappa shape index (κ3) is 6.56. The Hall–Kier alpha value is -5.57. The summed E-state index contributed by atoms with van der Waals surface area (Å²) in [6, 6.07) is 1.93. The van der Waals surface area contributed by atoms with Gasteiger partial charge in [0.05, 0.1) is 29.4 Å². The minimum atomic E-state index is -2.34. The molecule has 11 N–H and O–H groups in total. The number of phenols is 6. The Morgan fingerprint density at radius 1 is 0.809 bits per heavy atom. The minimum Gasteiger partial charge on any atom is -0.504 e. The summed E-state index contributed by atoms with van der Waals surface area (Å²) in [4.78, 5) is 62.1. The number of hydrogen-bond acceptors (Lipinski definition) is 18. The molecule has 47 heavy (non-hydrogen) atoms. The maximum atomic E-state index is 13.3. The minimum absolute atomic E-state index is 0.572. The Morgan fingerprint density at radius 2 is 1.40 bits per heavy atom. The zero-order valence-corrected chi connectivity index (χ0v) is 23.4. The van der Waals surface area contributed by atoms with Gasteiger partial charge in [0.15, 0.2) is 28.7 Å². The number of aliphatic hydroxyl groups excluding tert-OH is 3. The third-order valence-corrected chi connectivity index (χ3v) is 7.37. The van der Waals surface area contributed by atoms with Crippen LogP contribution in [-0.4, -0.2) is 129 Å². The second kappa shape index (κ2) is 13.0. The number of aromatic hydroxyl groups is 6. The van der Waals surface area contributed by atoms with E-state index in [0.717, 1.165) is 0 Å². The maximum absolute atomic E-state index is 13.3. The van der Waals surface area contributed by atoms with Crippen molar-refractivity contribution in [1.82, 2.24) is 0 Å². The molecule has 4 rings (SSSR count). The number of ether oxygens (including phenoxy) is 4. The van der Waals surface area contributed by atoms with Gasteiger partial charge in [0.2, 0.25) is 18.1 Å². The number of phenolic OH excluding ortho intramolecular Hbond substituents is 6. The van der Waals surface area contributed by atoms with E-state index in [1.165, 1.54) is 0 Å². The molecule has 254 valence electrons. The molecule has 2 aliphatic heterocycles. The summed E-state index contributed by atoms with van der Waals surface area (Å²) in [6.45, 7) is -1.08. The predicted octanol–water partition coefficient (Wildman–Crippen LogP) is -2.07. The van der Waals surface area contributed by atoms with Crippen LogP contribution in [0, 0.1) is 5.92 Å². The van der Waals surface area contributed by atoms with E-state index in [0.29, 0.717) is 18.2 Å². The molecule has 2 aromatic carbocycles. The van der Waals surface area contributed by atoms with Crippen molar-refractivity contribution in [2.75, 3.05) is 6.61 Å². The smallest absolute Gasteiger partial charge is 0.345 e. The first-order chi connectivity index (χ1) is 21.9. The van der Waals surface area contributed by atoms with Crippen LogP contribution in [0.2, 0.25) is 0 Å². The van der Waals surface area contributed by atoms with E-state index in [-0.39, 0.29) is 0 Å². The number of esters is 3. The number of hydrogen-bond donors (Lipinski definition) is 11. The van der Waals surface area contributed by atoms with Gasteiger partial charge in [-0.15, -0.1) is 0 Å². The standard InChI is InChI=1S/C27H26O20/c28-9-1-6(2-10(29)16(9)33)24(41)47-27-21(38)20(37)18(35)12(45-27)5-44-25(42)8(4-13(31)32)15-14-7(3-11(30)17(34)19(14)36)26(43)46-22(15)23(39)40/h1-3,8,12,15,18,20-22,27-30,33-38H,4-5H2,(H,31,32)(H,39,40). The highest BCUT2D eigenvalue weighted by Gasteiger charge is 2.51. The lowest BCUT2D eigenvalue weighted by molar-refractivity contribution is -0.286. The lowest BCUT2D eigenvalue weighted by atomic mass is 9.76. The summed E-state index contributed by atoms with van der Waals surface area (Å²) in [6.07, 6.45) is -13.8. The molecule has 20 heteroatoms. The number of aliphatic hydroxyl groups is 3. The van der Waals surface area contributed by atoms with Crippen LogP contribution in [-0.2, 0) is 33.3 Å². The number of carbonyl (C=O) groups is 5. The maximum Gasteiger partial charge on any atom is 0.345 e. The molecule has 0 spiro atoms. The fraction of sp³-hybridized carbons (Fsp3) is 0.370. The zero-order chi connectivity index (χ0) is 35.1. The Balaban J connectivity index is 1.60. The van der Waals surface area contributed by atoms with E-state index in [4.69, 9.17) is 18.9 Å². The van der Waals surface area contributed by atoms with Gasteiger partial charge in [-0.2, -0.15) is 0 Å². The zero-order valence-electron chi connectivity index (χ0n) is 23.4. The van der Waals surface area contributed by atoms with Gasteiger partial charge in [-0.05, 0) is 18.2 Å². The molecule has 1 saturated heterocycles. The molecule has 0 aromatic heterocycles. The van der Waals surface area contributed by atoms with Crippen LogP contribution < -0.4 is 0 Å². The quantitative estimate of drug-likeness (QED) is 0.0774. The lowest BCUT2D eigenvalue weighted by Gasteiger charge is -2.40. The normalized spacial score (nSPS) is 25.9. The fourth-order valence-electron chi connectivity index (χ4n) is 5.05. The molecule has 8 atom stereocenters. The van der Waals surface area contributed by atoms with Crippen molar-refractivity contribution in [2.24, 2.45) is 5.92 Å². The van der Waals surface area contributed by atoms with Crippen LogP contribution in [0.1, 0.15) is 38.6 Å². The second-order valence-corrected chi connectivity index (χ2v) is 10.4. The second-order valence-electron chi connectivity index (χ2n) is 10.4. The Morgan fingerprint density at radius 3 is 1.98 bits per heavy atom. The van der Waals surface area contributed by atoms with Gasteiger partial charge in [-0.1, -0.05) is 0 Å². The largest absolute Gasteiger partial charge is 0.504 e. The summed E-state index contributed by atoms with van der Waals surface area (Å²) < 4.78 is 20.1. The molecule has 8 unspecified atom stereocenters. The molecule has 1 fully saturated rings. The molecule has 0 saturated carbocycles. The van der Waals surface area contributed by atoms with Crippen molar-refractivity contribution in [3.8, 4) is 34.5 Å². The van der Waals surface area contributed by atoms with E-state index in [2.05, 4.69) is 0 Å². The first-order valence-corrected chi connectivity index (χ1v) is 13.2. The number of aliphatic carboxylic acids is 2. The Labute approximate surface area is 260 Å². The fourth-order valence-corrected chi connectivity index (χ4v) is 5.05. The average Bonchev–Trinajstić information content (AvgIpc) is 3.00. The molecular formula is C27H26O20. The van der Waals surface area contributed by atoms with Gasteiger partial charge in [-0.25, -0.2) is 14.4 Å². The molecule has 2 aromatic rings. The van der Waals surface area contributed by atoms with Gasteiger partial charge in [0.1, 0.15) is 31.0 Å². The molecular weight excluding hydrogens is 644 g/mol. The van der Waals surface area contributed by atoms with E-state index in [1.54, 1.807) is 0 Å². The van der Waals surface area contributed by atoms with Crippen molar-refractivity contribution in [1.29, 1.82) is 0 Å². The van der Waals surface area contributed by atoms with Crippen LogP contribution in [0.25, 0.3) is 0 Å². The Kier molecular flexibility index (Phi) is 9.52. The SMILES string of the molecule is O=C(O)CC(C(=O)OCC1OC(OC(=O)c2cc(O)c(O)c(O)c2)C(O)C(O)C1O)C1c2c(cc(O)c(O)c2O)C(=O)OC1C(=O)O. The van der Waals surface area contributed by atoms with Gasteiger partial charge in [0.25, 0.3) is 0 Å². The number of benzene rings is 2.